The van der Waals surface area contributed by atoms with Crippen molar-refractivity contribution in [3.8, 4) is 0 Å². The van der Waals surface area contributed by atoms with Crippen molar-refractivity contribution in [3.63, 3.8) is 0 Å². The van der Waals surface area contributed by atoms with E-state index < -0.39 is 11.2 Å². The van der Waals surface area contributed by atoms with Crippen molar-refractivity contribution in [2.75, 3.05) is 7.11 Å². The fraction of sp³-hybridized carbons (Fsp3) is 0.667. The van der Waals surface area contributed by atoms with Crippen LogP contribution in [0.2, 0.25) is 0 Å². The number of rotatable bonds is 7. The maximum atomic E-state index is 11.6. The number of aliphatic hydroxyl groups is 2. The standard InChI is InChI=1S/C24H31N3O3S2/c1-13-20(14-4-9-18(30-3)19(10-14)31-17-11-23(2,28)12-17)27-22(25-13)32-21(26-27)24(29,15-5-6-15)16-7-8-16/h10,15-17,28-29H,4-9,11-12H2,1-3H3. The average molecular weight is 474 g/mol. The SMILES string of the molecule is COC1=C(SC2CC(C)(O)C2)C=C(c2c(C)nc3sc(C(O)(C4CC4)C4CC4)nn23)CC1. The third-order valence-electron chi connectivity index (χ3n) is 7.50. The summed E-state index contributed by atoms with van der Waals surface area (Å²) in [5.41, 5.74) is 1.98. The summed E-state index contributed by atoms with van der Waals surface area (Å²) in [6, 6.07) is 0. The lowest BCUT2D eigenvalue weighted by molar-refractivity contribution is -0.0112. The van der Waals surface area contributed by atoms with E-state index >= 15 is 0 Å². The smallest absolute Gasteiger partial charge is 0.213 e. The highest BCUT2D eigenvalue weighted by molar-refractivity contribution is 8.03. The molecule has 2 aromatic heterocycles. The molecular formula is C24H31N3O3S2. The molecule has 2 N–H and O–H groups in total. The van der Waals surface area contributed by atoms with Crippen LogP contribution >= 0.6 is 23.1 Å². The zero-order valence-corrected chi connectivity index (χ0v) is 20.6. The maximum absolute atomic E-state index is 11.6. The van der Waals surface area contributed by atoms with Crippen LogP contribution in [0, 0.1) is 18.8 Å². The molecule has 0 spiro atoms. The van der Waals surface area contributed by atoms with Crippen LogP contribution in [0.25, 0.3) is 10.5 Å². The molecule has 4 aliphatic rings. The summed E-state index contributed by atoms with van der Waals surface area (Å²) in [5, 5.41) is 28.0. The number of methoxy groups -OCH3 is 1. The number of imidazole rings is 1. The Morgan fingerprint density at radius 2 is 1.91 bits per heavy atom. The number of allylic oxidation sites excluding steroid dienone is 3. The molecule has 3 fully saturated rings. The number of fused-ring (bicyclic) bond motifs is 1. The van der Waals surface area contributed by atoms with Gasteiger partial charge in [0.25, 0.3) is 0 Å². The second-order valence-electron chi connectivity index (χ2n) is 10.3. The summed E-state index contributed by atoms with van der Waals surface area (Å²) in [7, 11) is 1.75. The largest absolute Gasteiger partial charge is 0.500 e. The highest BCUT2D eigenvalue weighted by Crippen LogP contribution is 2.58. The number of nitrogens with zero attached hydrogens (tertiary/aromatic N) is 3. The molecule has 0 aliphatic heterocycles. The molecule has 0 radical (unpaired) electrons. The van der Waals surface area contributed by atoms with Crippen LogP contribution in [0.4, 0.5) is 0 Å². The lowest BCUT2D eigenvalue weighted by Crippen LogP contribution is -2.42. The predicted octanol–water partition coefficient (Wildman–Crippen LogP) is 4.79. The van der Waals surface area contributed by atoms with E-state index in [1.54, 1.807) is 18.4 Å². The van der Waals surface area contributed by atoms with Gasteiger partial charge in [-0.2, -0.15) is 5.10 Å². The first kappa shape index (κ1) is 21.2. The van der Waals surface area contributed by atoms with Crippen molar-refractivity contribution in [2.45, 2.75) is 81.7 Å². The summed E-state index contributed by atoms with van der Waals surface area (Å²) in [6.07, 6.45) is 10.0. The molecule has 0 atom stereocenters. The maximum Gasteiger partial charge on any atom is 0.213 e. The van der Waals surface area contributed by atoms with E-state index in [2.05, 4.69) is 13.0 Å². The molecule has 0 aromatic carbocycles. The molecule has 6 rings (SSSR count). The van der Waals surface area contributed by atoms with Crippen LogP contribution in [-0.2, 0) is 10.3 Å². The van der Waals surface area contributed by atoms with Crippen molar-refractivity contribution in [3.05, 3.63) is 33.1 Å². The van der Waals surface area contributed by atoms with Gasteiger partial charge < -0.3 is 14.9 Å². The second-order valence-corrected chi connectivity index (χ2v) is 12.6. The molecule has 2 heterocycles. The monoisotopic (exact) mass is 473 g/mol. The topological polar surface area (TPSA) is 79.9 Å². The van der Waals surface area contributed by atoms with E-state index in [1.165, 1.54) is 5.57 Å². The molecule has 3 saturated carbocycles. The van der Waals surface area contributed by atoms with Crippen LogP contribution in [0.15, 0.2) is 16.7 Å². The van der Waals surface area contributed by atoms with Crippen LogP contribution in [0.5, 0.6) is 0 Å². The zero-order chi connectivity index (χ0) is 22.3. The van der Waals surface area contributed by atoms with Gasteiger partial charge >= 0.3 is 0 Å². The Hall–Kier alpha value is -1.35. The molecule has 6 nitrogen and oxygen atoms in total. The highest BCUT2D eigenvalue weighted by atomic mass is 32.2. The van der Waals surface area contributed by atoms with E-state index in [1.807, 2.05) is 23.2 Å². The Morgan fingerprint density at radius 1 is 1.22 bits per heavy atom. The van der Waals surface area contributed by atoms with Crippen molar-refractivity contribution in [1.82, 2.24) is 14.6 Å². The molecule has 172 valence electrons. The van der Waals surface area contributed by atoms with Gasteiger partial charge in [-0.1, -0.05) is 11.3 Å². The Bertz CT molecular complexity index is 1120. The molecule has 2 aromatic rings. The predicted molar refractivity (Wildman–Crippen MR) is 127 cm³/mol. The normalized spacial score (nSPS) is 28.8. The summed E-state index contributed by atoms with van der Waals surface area (Å²) in [5.74, 6) is 1.75. The van der Waals surface area contributed by atoms with E-state index in [0.29, 0.717) is 17.1 Å². The molecule has 32 heavy (non-hydrogen) atoms. The molecular weight excluding hydrogens is 442 g/mol. The van der Waals surface area contributed by atoms with Crippen LogP contribution in [0.1, 0.15) is 74.7 Å². The summed E-state index contributed by atoms with van der Waals surface area (Å²) in [6.45, 7) is 3.96. The van der Waals surface area contributed by atoms with Crippen molar-refractivity contribution < 1.29 is 14.9 Å². The zero-order valence-electron chi connectivity index (χ0n) is 18.9. The van der Waals surface area contributed by atoms with Gasteiger partial charge in [0, 0.05) is 16.6 Å². The number of aromatic nitrogens is 3. The van der Waals surface area contributed by atoms with E-state index in [0.717, 1.165) is 83.4 Å². The summed E-state index contributed by atoms with van der Waals surface area (Å²) >= 11 is 3.38. The third-order valence-corrected chi connectivity index (χ3v) is 9.82. The molecule has 4 aliphatic carbocycles. The molecule has 0 saturated heterocycles. The van der Waals surface area contributed by atoms with E-state index in [9.17, 15) is 10.2 Å². The highest BCUT2D eigenvalue weighted by Gasteiger charge is 2.56. The van der Waals surface area contributed by atoms with Gasteiger partial charge in [-0.15, -0.1) is 11.8 Å². The summed E-state index contributed by atoms with van der Waals surface area (Å²) < 4.78 is 7.68. The lowest BCUT2D eigenvalue weighted by atomic mass is 9.82. The lowest BCUT2D eigenvalue weighted by Gasteiger charge is -2.41. The number of ether oxygens (including phenoxy) is 1. The Labute approximate surface area is 196 Å². The Morgan fingerprint density at radius 3 is 2.50 bits per heavy atom. The van der Waals surface area contributed by atoms with Gasteiger partial charge in [0.2, 0.25) is 4.96 Å². The first-order chi connectivity index (χ1) is 15.3. The molecule has 0 unspecified atom stereocenters. The quantitative estimate of drug-likeness (QED) is 0.602. The van der Waals surface area contributed by atoms with Gasteiger partial charge in [0.15, 0.2) is 0 Å². The van der Waals surface area contributed by atoms with Crippen LogP contribution in [-0.4, -0.2) is 42.8 Å². The Kier molecular flexibility index (Phi) is 4.85. The fourth-order valence-electron chi connectivity index (χ4n) is 5.46. The minimum absolute atomic E-state index is 0.360. The minimum atomic E-state index is -0.761. The van der Waals surface area contributed by atoms with Gasteiger partial charge in [-0.05, 0) is 82.3 Å². The Balaban J connectivity index is 1.35. The first-order valence-corrected chi connectivity index (χ1v) is 13.4. The van der Waals surface area contributed by atoms with Crippen LogP contribution in [0.3, 0.4) is 0 Å². The number of hydrogen-bond acceptors (Lipinski definition) is 7. The van der Waals surface area contributed by atoms with E-state index in [4.69, 9.17) is 14.8 Å². The second kappa shape index (κ2) is 7.32. The molecule has 0 amide bonds. The molecule has 8 heteroatoms. The van der Waals surface area contributed by atoms with Crippen molar-refractivity contribution in [2.24, 2.45) is 11.8 Å². The van der Waals surface area contributed by atoms with Gasteiger partial charge in [-0.3, -0.25) is 0 Å². The fourth-order valence-corrected chi connectivity index (χ4v) is 8.43. The van der Waals surface area contributed by atoms with Crippen LogP contribution < -0.4 is 0 Å². The van der Waals surface area contributed by atoms with Crippen molar-refractivity contribution >= 4 is 33.6 Å². The third kappa shape index (κ3) is 3.45. The minimum Gasteiger partial charge on any atom is -0.500 e. The average Bonchev–Trinajstić information content (AvgIpc) is 3.64. The van der Waals surface area contributed by atoms with Crippen molar-refractivity contribution in [1.29, 1.82) is 0 Å². The summed E-state index contributed by atoms with van der Waals surface area (Å²) in [4.78, 5) is 6.87. The number of hydrogen-bond donors (Lipinski definition) is 2. The first-order valence-electron chi connectivity index (χ1n) is 11.7. The van der Waals surface area contributed by atoms with Gasteiger partial charge in [0.05, 0.1) is 24.1 Å². The molecule has 0 bridgehead atoms. The number of thioether (sulfide) groups is 1. The van der Waals surface area contributed by atoms with E-state index in [-0.39, 0.29) is 0 Å². The number of aryl methyl sites for hydroxylation is 1. The van der Waals surface area contributed by atoms with Gasteiger partial charge in [0.1, 0.15) is 16.4 Å². The van der Waals surface area contributed by atoms with Gasteiger partial charge in [-0.25, -0.2) is 9.50 Å².